The van der Waals surface area contributed by atoms with Gasteiger partial charge in [0.2, 0.25) is 11.8 Å². The van der Waals surface area contributed by atoms with E-state index in [0.29, 0.717) is 31.9 Å². The molecule has 0 saturated carbocycles. The van der Waals surface area contributed by atoms with Crippen molar-refractivity contribution in [2.24, 2.45) is 0 Å². The van der Waals surface area contributed by atoms with E-state index in [1.54, 1.807) is 22.8 Å². The van der Waals surface area contributed by atoms with E-state index in [4.69, 9.17) is 0 Å². The molecule has 1 aromatic heterocycles. The Morgan fingerprint density at radius 2 is 1.75 bits per heavy atom. The van der Waals surface area contributed by atoms with Crippen LogP contribution in [-0.4, -0.2) is 57.6 Å². The van der Waals surface area contributed by atoms with Crippen molar-refractivity contribution in [1.29, 1.82) is 0 Å². The zero-order valence-electron chi connectivity index (χ0n) is 11.7. The van der Waals surface area contributed by atoms with Crippen molar-refractivity contribution in [3.8, 4) is 0 Å². The van der Waals surface area contributed by atoms with Gasteiger partial charge in [-0.05, 0) is 13.0 Å². The van der Waals surface area contributed by atoms with Crippen LogP contribution in [0, 0.1) is 6.92 Å². The molecule has 20 heavy (non-hydrogen) atoms. The van der Waals surface area contributed by atoms with Crippen LogP contribution in [-0.2, 0) is 16.1 Å². The van der Waals surface area contributed by atoms with Crippen molar-refractivity contribution in [3.05, 3.63) is 28.2 Å². The molecular weight excluding hydrogens is 260 g/mol. The van der Waals surface area contributed by atoms with E-state index in [0.717, 1.165) is 0 Å². The highest BCUT2D eigenvalue weighted by atomic mass is 16.2. The highest BCUT2D eigenvalue weighted by Crippen LogP contribution is 2.03. The Balaban J connectivity index is 1.98. The number of nitrogens with zero attached hydrogens (tertiary/aromatic N) is 4. The minimum absolute atomic E-state index is 0.0219. The molecule has 2 heterocycles. The Morgan fingerprint density at radius 1 is 1.15 bits per heavy atom. The lowest BCUT2D eigenvalue weighted by Crippen LogP contribution is -2.51. The van der Waals surface area contributed by atoms with E-state index in [1.807, 2.05) is 0 Å². The van der Waals surface area contributed by atoms with Crippen molar-refractivity contribution < 1.29 is 9.59 Å². The van der Waals surface area contributed by atoms with E-state index in [-0.39, 0.29) is 23.9 Å². The van der Waals surface area contributed by atoms with Gasteiger partial charge in [-0.1, -0.05) is 0 Å². The van der Waals surface area contributed by atoms with Crippen molar-refractivity contribution in [2.45, 2.75) is 20.4 Å². The zero-order chi connectivity index (χ0) is 14.7. The Morgan fingerprint density at radius 3 is 2.35 bits per heavy atom. The van der Waals surface area contributed by atoms with Crippen LogP contribution in [0.2, 0.25) is 0 Å². The SMILES string of the molecule is CC(=O)N1CCN(C(=O)Cn2nc(C)ccc2=O)CC1. The maximum atomic E-state index is 12.1. The maximum absolute atomic E-state index is 12.1. The first-order valence-corrected chi connectivity index (χ1v) is 6.55. The molecule has 0 bridgehead atoms. The number of rotatable bonds is 2. The normalized spacial score (nSPS) is 15.3. The number of aryl methyl sites for hydroxylation is 1. The Labute approximate surface area is 116 Å². The molecule has 7 nitrogen and oxygen atoms in total. The topological polar surface area (TPSA) is 75.5 Å². The lowest BCUT2D eigenvalue weighted by atomic mass is 10.3. The van der Waals surface area contributed by atoms with Crippen LogP contribution in [0.15, 0.2) is 16.9 Å². The van der Waals surface area contributed by atoms with Gasteiger partial charge in [-0.3, -0.25) is 14.4 Å². The molecule has 2 amide bonds. The summed E-state index contributed by atoms with van der Waals surface area (Å²) in [6.07, 6.45) is 0. The minimum atomic E-state index is -0.286. The predicted octanol–water partition coefficient (Wildman–Crippen LogP) is -0.758. The molecule has 1 saturated heterocycles. The van der Waals surface area contributed by atoms with Crippen molar-refractivity contribution in [1.82, 2.24) is 19.6 Å². The average molecular weight is 278 g/mol. The monoisotopic (exact) mass is 278 g/mol. The molecule has 0 atom stereocenters. The van der Waals surface area contributed by atoms with Crippen LogP contribution in [0.1, 0.15) is 12.6 Å². The van der Waals surface area contributed by atoms with E-state index >= 15 is 0 Å². The van der Waals surface area contributed by atoms with Gasteiger partial charge in [0, 0.05) is 39.2 Å². The number of amides is 2. The average Bonchev–Trinajstić information content (AvgIpc) is 2.43. The quantitative estimate of drug-likeness (QED) is 0.713. The van der Waals surface area contributed by atoms with Crippen LogP contribution >= 0.6 is 0 Å². The molecule has 1 fully saturated rings. The van der Waals surface area contributed by atoms with Gasteiger partial charge >= 0.3 is 0 Å². The lowest BCUT2D eigenvalue weighted by molar-refractivity contribution is -0.139. The van der Waals surface area contributed by atoms with Gasteiger partial charge in [0.15, 0.2) is 0 Å². The number of carbonyl (C=O) groups excluding carboxylic acids is 2. The second-order valence-electron chi connectivity index (χ2n) is 4.86. The number of hydrogen-bond acceptors (Lipinski definition) is 4. The summed E-state index contributed by atoms with van der Waals surface area (Å²) < 4.78 is 1.18. The third kappa shape index (κ3) is 3.23. The first-order valence-electron chi connectivity index (χ1n) is 6.55. The number of aromatic nitrogens is 2. The maximum Gasteiger partial charge on any atom is 0.267 e. The lowest BCUT2D eigenvalue weighted by Gasteiger charge is -2.34. The molecule has 0 spiro atoms. The summed E-state index contributed by atoms with van der Waals surface area (Å²) in [7, 11) is 0. The second kappa shape index (κ2) is 5.85. The van der Waals surface area contributed by atoms with Crippen LogP contribution in [0.5, 0.6) is 0 Å². The van der Waals surface area contributed by atoms with Gasteiger partial charge in [0.05, 0.1) is 5.69 Å². The second-order valence-corrected chi connectivity index (χ2v) is 4.86. The molecular formula is C13H18N4O3. The van der Waals surface area contributed by atoms with E-state index in [1.165, 1.54) is 17.7 Å². The van der Waals surface area contributed by atoms with E-state index in [9.17, 15) is 14.4 Å². The van der Waals surface area contributed by atoms with Gasteiger partial charge in [0.1, 0.15) is 6.54 Å². The number of carbonyl (C=O) groups is 2. The molecule has 1 aromatic rings. The molecule has 0 radical (unpaired) electrons. The number of piperazine rings is 1. The summed E-state index contributed by atoms with van der Waals surface area (Å²) in [5.74, 6) is -0.123. The first kappa shape index (κ1) is 14.2. The number of hydrogen-bond donors (Lipinski definition) is 0. The fraction of sp³-hybridized carbons (Fsp3) is 0.538. The fourth-order valence-electron chi connectivity index (χ4n) is 2.16. The molecule has 0 N–H and O–H groups in total. The van der Waals surface area contributed by atoms with Crippen molar-refractivity contribution >= 4 is 11.8 Å². The van der Waals surface area contributed by atoms with Gasteiger partial charge in [0.25, 0.3) is 5.56 Å². The van der Waals surface area contributed by atoms with Crippen LogP contribution in [0.3, 0.4) is 0 Å². The third-order valence-electron chi connectivity index (χ3n) is 3.36. The van der Waals surface area contributed by atoms with E-state index < -0.39 is 0 Å². The Kier molecular flexibility index (Phi) is 4.16. The minimum Gasteiger partial charge on any atom is -0.339 e. The molecule has 7 heteroatoms. The molecule has 0 aromatic carbocycles. The summed E-state index contributed by atoms with van der Waals surface area (Å²) in [6, 6.07) is 3.03. The van der Waals surface area contributed by atoms with Crippen molar-refractivity contribution in [3.63, 3.8) is 0 Å². The highest BCUT2D eigenvalue weighted by Gasteiger charge is 2.22. The van der Waals surface area contributed by atoms with E-state index in [2.05, 4.69) is 5.10 Å². The van der Waals surface area contributed by atoms with Gasteiger partial charge < -0.3 is 9.80 Å². The molecule has 0 aliphatic carbocycles. The largest absolute Gasteiger partial charge is 0.339 e. The highest BCUT2D eigenvalue weighted by molar-refractivity contribution is 5.77. The zero-order valence-corrected chi connectivity index (χ0v) is 11.7. The standard InChI is InChI=1S/C13H18N4O3/c1-10-3-4-12(19)17(14-10)9-13(20)16-7-5-15(6-8-16)11(2)18/h3-4H,5-9H2,1-2H3. The Hall–Kier alpha value is -2.18. The van der Waals surface area contributed by atoms with Gasteiger partial charge in [-0.2, -0.15) is 5.10 Å². The summed E-state index contributed by atoms with van der Waals surface area (Å²) in [5.41, 5.74) is 0.408. The summed E-state index contributed by atoms with van der Waals surface area (Å²) in [5, 5.41) is 4.04. The van der Waals surface area contributed by atoms with Crippen molar-refractivity contribution in [2.75, 3.05) is 26.2 Å². The predicted molar refractivity (Wildman–Crippen MR) is 72.1 cm³/mol. The Bertz CT molecular complexity index is 573. The molecule has 2 rings (SSSR count). The molecule has 0 unspecified atom stereocenters. The first-order chi connectivity index (χ1) is 9.47. The summed E-state index contributed by atoms with van der Waals surface area (Å²) >= 11 is 0. The van der Waals surface area contributed by atoms with Crippen LogP contribution in [0.25, 0.3) is 0 Å². The molecule has 108 valence electrons. The van der Waals surface area contributed by atoms with Crippen LogP contribution < -0.4 is 5.56 Å². The van der Waals surface area contributed by atoms with Gasteiger partial charge in [-0.25, -0.2) is 4.68 Å². The smallest absolute Gasteiger partial charge is 0.267 e. The fourth-order valence-corrected chi connectivity index (χ4v) is 2.16. The summed E-state index contributed by atoms with van der Waals surface area (Å²) in [4.78, 5) is 38.3. The molecule has 1 aliphatic heterocycles. The van der Waals surface area contributed by atoms with Gasteiger partial charge in [-0.15, -0.1) is 0 Å². The van der Waals surface area contributed by atoms with Crippen LogP contribution in [0.4, 0.5) is 0 Å². The summed E-state index contributed by atoms with van der Waals surface area (Å²) in [6.45, 7) is 5.31. The third-order valence-corrected chi connectivity index (χ3v) is 3.36. The molecule has 1 aliphatic rings.